The first kappa shape index (κ1) is 16.9. The minimum Gasteiger partial charge on any atom is -0.394 e. The molecule has 1 heterocycles. The van der Waals surface area contributed by atoms with E-state index in [1.807, 2.05) is 6.92 Å². The lowest BCUT2D eigenvalue weighted by atomic mass is 9.75. The van der Waals surface area contributed by atoms with Crippen molar-refractivity contribution in [1.82, 2.24) is 4.90 Å². The summed E-state index contributed by atoms with van der Waals surface area (Å²) in [6, 6.07) is 0. The Labute approximate surface area is 119 Å². The van der Waals surface area contributed by atoms with Gasteiger partial charge in [-0.3, -0.25) is 0 Å². The van der Waals surface area contributed by atoms with Crippen molar-refractivity contribution >= 4 is 0 Å². The third-order valence-corrected chi connectivity index (χ3v) is 4.65. The van der Waals surface area contributed by atoms with Gasteiger partial charge in [0.15, 0.2) is 0 Å². The molecule has 3 heteroatoms. The SMILES string of the molecule is CC(N)(CO)CCCCN1CCC(C(C)(C)C)CC1. The van der Waals surface area contributed by atoms with Gasteiger partial charge in [-0.2, -0.15) is 0 Å². The van der Waals surface area contributed by atoms with Gasteiger partial charge in [0.2, 0.25) is 0 Å². The van der Waals surface area contributed by atoms with Gasteiger partial charge in [0.25, 0.3) is 0 Å². The van der Waals surface area contributed by atoms with Crippen molar-refractivity contribution in [2.75, 3.05) is 26.2 Å². The summed E-state index contributed by atoms with van der Waals surface area (Å²) >= 11 is 0. The maximum atomic E-state index is 9.11. The minimum atomic E-state index is -0.390. The predicted molar refractivity (Wildman–Crippen MR) is 82.1 cm³/mol. The van der Waals surface area contributed by atoms with Gasteiger partial charge >= 0.3 is 0 Å². The van der Waals surface area contributed by atoms with E-state index in [1.165, 1.54) is 38.9 Å². The zero-order valence-electron chi connectivity index (χ0n) is 13.4. The first-order valence-corrected chi connectivity index (χ1v) is 7.87. The van der Waals surface area contributed by atoms with E-state index in [9.17, 15) is 0 Å². The van der Waals surface area contributed by atoms with Crippen molar-refractivity contribution in [2.45, 2.75) is 65.3 Å². The lowest BCUT2D eigenvalue weighted by Gasteiger charge is -2.38. The molecular weight excluding hydrogens is 236 g/mol. The molecule has 1 saturated heterocycles. The van der Waals surface area contributed by atoms with Crippen LogP contribution >= 0.6 is 0 Å². The van der Waals surface area contributed by atoms with E-state index in [0.29, 0.717) is 5.41 Å². The van der Waals surface area contributed by atoms with Gasteiger partial charge in [0, 0.05) is 5.54 Å². The Hall–Kier alpha value is -0.120. The number of piperidine rings is 1. The lowest BCUT2D eigenvalue weighted by Crippen LogP contribution is -2.40. The van der Waals surface area contributed by atoms with Crippen LogP contribution < -0.4 is 5.73 Å². The largest absolute Gasteiger partial charge is 0.394 e. The first-order valence-electron chi connectivity index (χ1n) is 7.87. The third-order valence-electron chi connectivity index (χ3n) is 4.65. The van der Waals surface area contributed by atoms with Crippen molar-refractivity contribution < 1.29 is 5.11 Å². The van der Waals surface area contributed by atoms with Gasteiger partial charge in [-0.25, -0.2) is 0 Å². The van der Waals surface area contributed by atoms with Crippen LogP contribution in [0.1, 0.15) is 59.8 Å². The predicted octanol–water partition coefficient (Wildman–Crippen LogP) is 2.62. The number of likely N-dealkylation sites (tertiary alicyclic amines) is 1. The Balaban J connectivity index is 2.14. The average Bonchev–Trinajstić information content (AvgIpc) is 2.34. The normalized spacial score (nSPS) is 22.4. The fourth-order valence-electron chi connectivity index (χ4n) is 2.97. The molecule has 3 nitrogen and oxygen atoms in total. The molecule has 1 aliphatic heterocycles. The van der Waals surface area contributed by atoms with Crippen molar-refractivity contribution in [1.29, 1.82) is 0 Å². The van der Waals surface area contributed by atoms with E-state index < -0.39 is 0 Å². The summed E-state index contributed by atoms with van der Waals surface area (Å²) in [6.07, 6.45) is 5.92. The number of unbranched alkanes of at least 4 members (excludes halogenated alkanes) is 1. The molecule has 1 fully saturated rings. The van der Waals surface area contributed by atoms with Gasteiger partial charge in [0.1, 0.15) is 0 Å². The van der Waals surface area contributed by atoms with E-state index in [4.69, 9.17) is 10.8 Å². The Morgan fingerprint density at radius 3 is 2.16 bits per heavy atom. The Kier molecular flexibility index (Phi) is 6.28. The van der Waals surface area contributed by atoms with Crippen LogP contribution in [0.5, 0.6) is 0 Å². The average molecular weight is 270 g/mol. The fraction of sp³-hybridized carbons (Fsp3) is 1.00. The van der Waals surface area contributed by atoms with Gasteiger partial charge in [-0.1, -0.05) is 27.2 Å². The highest BCUT2D eigenvalue weighted by Gasteiger charge is 2.28. The molecule has 0 spiro atoms. The van der Waals surface area contributed by atoms with Crippen LogP contribution in [0, 0.1) is 11.3 Å². The second-order valence-electron chi connectivity index (χ2n) is 7.75. The summed E-state index contributed by atoms with van der Waals surface area (Å²) in [4.78, 5) is 2.59. The number of hydrogen-bond acceptors (Lipinski definition) is 3. The Morgan fingerprint density at radius 2 is 1.68 bits per heavy atom. The molecule has 1 aliphatic rings. The maximum Gasteiger partial charge on any atom is 0.0608 e. The molecule has 0 radical (unpaired) electrons. The number of nitrogens with zero attached hydrogens (tertiary/aromatic N) is 1. The fourth-order valence-corrected chi connectivity index (χ4v) is 2.97. The zero-order chi connectivity index (χ0) is 14.5. The molecule has 1 rings (SSSR count). The molecule has 3 N–H and O–H groups in total. The third kappa shape index (κ3) is 6.24. The molecule has 1 atom stereocenters. The summed E-state index contributed by atoms with van der Waals surface area (Å²) < 4.78 is 0. The molecule has 0 aromatic carbocycles. The van der Waals surface area contributed by atoms with Gasteiger partial charge < -0.3 is 15.7 Å². The van der Waals surface area contributed by atoms with Crippen LogP contribution in [-0.2, 0) is 0 Å². The molecular formula is C16H34N2O. The maximum absolute atomic E-state index is 9.11. The summed E-state index contributed by atoms with van der Waals surface area (Å²) in [5, 5.41) is 9.11. The summed E-state index contributed by atoms with van der Waals surface area (Å²) in [6.45, 7) is 12.8. The van der Waals surface area contributed by atoms with Gasteiger partial charge in [-0.05, 0) is 63.6 Å². The summed E-state index contributed by atoms with van der Waals surface area (Å²) in [5.74, 6) is 0.880. The topological polar surface area (TPSA) is 49.5 Å². The highest BCUT2D eigenvalue weighted by atomic mass is 16.3. The molecule has 0 aromatic heterocycles. The first-order chi connectivity index (χ1) is 8.74. The summed E-state index contributed by atoms with van der Waals surface area (Å²) in [7, 11) is 0. The van der Waals surface area contributed by atoms with Crippen molar-refractivity contribution in [2.24, 2.45) is 17.1 Å². The number of nitrogens with two attached hydrogens (primary N) is 1. The molecule has 0 aromatic rings. The monoisotopic (exact) mass is 270 g/mol. The van der Waals surface area contributed by atoms with Crippen LogP contribution in [0.2, 0.25) is 0 Å². The smallest absolute Gasteiger partial charge is 0.0608 e. The Morgan fingerprint density at radius 1 is 1.11 bits per heavy atom. The highest BCUT2D eigenvalue weighted by Crippen LogP contribution is 2.34. The van der Waals surface area contributed by atoms with Gasteiger partial charge in [0.05, 0.1) is 6.61 Å². The number of aliphatic hydroxyl groups excluding tert-OH is 1. The van der Waals surface area contributed by atoms with Crippen LogP contribution in [0.4, 0.5) is 0 Å². The highest BCUT2D eigenvalue weighted by molar-refractivity contribution is 4.81. The number of aliphatic hydroxyl groups is 1. The second-order valence-corrected chi connectivity index (χ2v) is 7.75. The molecule has 0 aliphatic carbocycles. The van der Waals surface area contributed by atoms with Crippen molar-refractivity contribution in [3.63, 3.8) is 0 Å². The molecule has 0 amide bonds. The van der Waals surface area contributed by atoms with E-state index in [2.05, 4.69) is 25.7 Å². The molecule has 114 valence electrons. The molecule has 1 unspecified atom stereocenters. The summed E-state index contributed by atoms with van der Waals surface area (Å²) in [5.41, 5.74) is 6.01. The van der Waals surface area contributed by atoms with E-state index in [1.54, 1.807) is 0 Å². The van der Waals surface area contributed by atoms with Crippen LogP contribution in [0.3, 0.4) is 0 Å². The van der Waals surface area contributed by atoms with Crippen LogP contribution in [0.15, 0.2) is 0 Å². The quantitative estimate of drug-likeness (QED) is 0.730. The van der Waals surface area contributed by atoms with Crippen LogP contribution in [-0.4, -0.2) is 41.8 Å². The molecule has 19 heavy (non-hydrogen) atoms. The standard InChI is InChI=1S/C16H34N2O/c1-15(2,3)14-7-11-18(12-8-14)10-6-5-9-16(4,17)13-19/h14,19H,5-13,17H2,1-4H3. The molecule has 0 bridgehead atoms. The zero-order valence-corrected chi connectivity index (χ0v) is 13.4. The van der Waals surface area contributed by atoms with Crippen molar-refractivity contribution in [3.05, 3.63) is 0 Å². The van der Waals surface area contributed by atoms with E-state index in [0.717, 1.165) is 18.8 Å². The van der Waals surface area contributed by atoms with E-state index >= 15 is 0 Å². The number of rotatable bonds is 6. The minimum absolute atomic E-state index is 0.0873. The molecule has 0 saturated carbocycles. The van der Waals surface area contributed by atoms with Crippen molar-refractivity contribution in [3.8, 4) is 0 Å². The Bertz CT molecular complexity index is 250. The van der Waals surface area contributed by atoms with Gasteiger partial charge in [-0.15, -0.1) is 0 Å². The number of hydrogen-bond donors (Lipinski definition) is 2. The lowest BCUT2D eigenvalue weighted by molar-refractivity contribution is 0.110. The van der Waals surface area contributed by atoms with E-state index in [-0.39, 0.29) is 12.1 Å². The van der Waals surface area contributed by atoms with Crippen LogP contribution in [0.25, 0.3) is 0 Å². The second kappa shape index (κ2) is 7.05.